The third kappa shape index (κ3) is 5.76. The van der Waals surface area contributed by atoms with Gasteiger partial charge < -0.3 is 0 Å². The summed E-state index contributed by atoms with van der Waals surface area (Å²) in [5, 5.41) is 29.0. The number of hydrogen-bond donors (Lipinski definition) is 2. The number of carbonyl (C=O) groups excluding carboxylic acids is 2. The van der Waals surface area contributed by atoms with Crippen LogP contribution in [-0.4, -0.2) is 33.1 Å². The Balaban J connectivity index is 1.96. The van der Waals surface area contributed by atoms with Crippen LogP contribution in [0.4, 0.5) is 11.4 Å². The average molecular weight is 412 g/mol. The lowest BCUT2D eigenvalue weighted by atomic mass is 10.2. The van der Waals surface area contributed by atoms with Crippen molar-refractivity contribution in [3.05, 3.63) is 79.9 Å². The smallest absolute Gasteiger partial charge is 0.267 e. The van der Waals surface area contributed by atoms with Crippen LogP contribution in [0.3, 0.4) is 0 Å². The van der Waals surface area contributed by atoms with Gasteiger partial charge in [-0.1, -0.05) is 0 Å². The van der Waals surface area contributed by atoms with Crippen LogP contribution in [0.2, 0.25) is 0 Å². The number of carbonyl (C=O) groups is 2. The van der Waals surface area contributed by atoms with E-state index in [1.54, 1.807) is 13.8 Å². The predicted molar refractivity (Wildman–Crippen MR) is 107 cm³/mol. The SMILES string of the molecule is CC(=N/NC(=O)c1ccc([N+](=O)[O-])cc1)/C(C)=N/NC(=O)c1ccc([N+](=O)[O-])cc1. The zero-order valence-electron chi connectivity index (χ0n) is 15.9. The molecule has 12 heteroatoms. The van der Waals surface area contributed by atoms with Gasteiger partial charge in [-0.3, -0.25) is 29.8 Å². The molecule has 0 fully saturated rings. The van der Waals surface area contributed by atoms with Gasteiger partial charge in [0.15, 0.2) is 0 Å². The highest BCUT2D eigenvalue weighted by Gasteiger charge is 2.11. The van der Waals surface area contributed by atoms with Gasteiger partial charge in [0.1, 0.15) is 0 Å². The first-order valence-corrected chi connectivity index (χ1v) is 8.37. The van der Waals surface area contributed by atoms with E-state index in [0.29, 0.717) is 11.4 Å². The van der Waals surface area contributed by atoms with Crippen molar-refractivity contribution in [2.75, 3.05) is 0 Å². The molecule has 0 aliphatic carbocycles. The minimum atomic E-state index is -0.577. The second-order valence-corrected chi connectivity index (χ2v) is 5.88. The lowest BCUT2D eigenvalue weighted by Gasteiger charge is -2.04. The van der Waals surface area contributed by atoms with E-state index in [2.05, 4.69) is 21.1 Å². The zero-order chi connectivity index (χ0) is 22.3. The highest BCUT2D eigenvalue weighted by Crippen LogP contribution is 2.12. The number of nitrogens with zero attached hydrogens (tertiary/aromatic N) is 4. The van der Waals surface area contributed by atoms with E-state index in [9.17, 15) is 29.8 Å². The van der Waals surface area contributed by atoms with Gasteiger partial charge in [0, 0.05) is 35.4 Å². The number of hydrogen-bond acceptors (Lipinski definition) is 8. The summed E-state index contributed by atoms with van der Waals surface area (Å²) in [5.74, 6) is -1.15. The summed E-state index contributed by atoms with van der Waals surface area (Å²) in [4.78, 5) is 44.2. The van der Waals surface area contributed by atoms with Crippen molar-refractivity contribution in [1.82, 2.24) is 10.9 Å². The maximum absolute atomic E-state index is 12.0. The van der Waals surface area contributed by atoms with Crippen LogP contribution in [0, 0.1) is 20.2 Å². The van der Waals surface area contributed by atoms with E-state index in [-0.39, 0.29) is 22.5 Å². The van der Waals surface area contributed by atoms with Crippen molar-refractivity contribution in [3.63, 3.8) is 0 Å². The molecule has 0 heterocycles. The summed E-state index contributed by atoms with van der Waals surface area (Å²) in [5.41, 5.74) is 5.25. The van der Waals surface area contributed by atoms with Crippen LogP contribution in [0.15, 0.2) is 58.7 Å². The fourth-order valence-electron chi connectivity index (χ4n) is 2.03. The first kappa shape index (κ1) is 21.8. The molecule has 0 saturated carbocycles. The topological polar surface area (TPSA) is 169 Å². The van der Waals surface area contributed by atoms with Crippen LogP contribution in [-0.2, 0) is 0 Å². The van der Waals surface area contributed by atoms with E-state index in [1.807, 2.05) is 0 Å². The molecule has 0 aliphatic rings. The minimum absolute atomic E-state index is 0.141. The minimum Gasteiger partial charge on any atom is -0.267 e. The maximum atomic E-state index is 12.0. The summed E-state index contributed by atoms with van der Waals surface area (Å²) in [6, 6.07) is 9.98. The molecule has 0 atom stereocenters. The lowest BCUT2D eigenvalue weighted by Crippen LogP contribution is -2.24. The maximum Gasteiger partial charge on any atom is 0.271 e. The Kier molecular flexibility index (Phi) is 7.01. The number of hydrazone groups is 2. The van der Waals surface area contributed by atoms with Gasteiger partial charge in [-0.2, -0.15) is 10.2 Å². The number of benzene rings is 2. The summed E-state index contributed by atoms with van der Waals surface area (Å²) >= 11 is 0. The van der Waals surface area contributed by atoms with Gasteiger partial charge >= 0.3 is 0 Å². The molecule has 0 bridgehead atoms. The highest BCUT2D eigenvalue weighted by atomic mass is 16.6. The Morgan fingerprint density at radius 3 is 1.27 bits per heavy atom. The standard InChI is InChI=1S/C18H16N6O6/c1-11(19-21-17(25)13-3-7-15(8-4-13)23(27)28)12(2)20-22-18(26)14-5-9-16(10-6-14)24(29)30/h3-10H,1-2H3,(H,21,25)(H,22,26)/b19-11-,20-12+. The molecule has 0 radical (unpaired) electrons. The zero-order valence-corrected chi connectivity index (χ0v) is 15.9. The van der Waals surface area contributed by atoms with Crippen LogP contribution in [0.25, 0.3) is 0 Å². The molecule has 30 heavy (non-hydrogen) atoms. The fourth-order valence-corrected chi connectivity index (χ4v) is 2.03. The van der Waals surface area contributed by atoms with Crippen molar-refractivity contribution in [2.24, 2.45) is 10.2 Å². The first-order valence-electron chi connectivity index (χ1n) is 8.37. The number of rotatable bonds is 7. The lowest BCUT2D eigenvalue weighted by molar-refractivity contribution is -0.385. The number of nitrogens with one attached hydrogen (secondary N) is 2. The van der Waals surface area contributed by atoms with Crippen molar-refractivity contribution in [1.29, 1.82) is 0 Å². The van der Waals surface area contributed by atoms with Crippen LogP contribution >= 0.6 is 0 Å². The molecule has 2 aromatic carbocycles. The first-order chi connectivity index (χ1) is 14.2. The molecule has 0 saturated heterocycles. The largest absolute Gasteiger partial charge is 0.271 e. The molecule has 154 valence electrons. The van der Waals surface area contributed by atoms with Gasteiger partial charge in [-0.15, -0.1) is 0 Å². The number of non-ortho nitro benzene ring substituents is 2. The predicted octanol–water partition coefficient (Wildman–Crippen LogP) is 2.41. The molecule has 2 rings (SSSR count). The molecule has 2 aromatic rings. The third-order valence-electron chi connectivity index (χ3n) is 3.85. The monoisotopic (exact) mass is 412 g/mol. The second-order valence-electron chi connectivity index (χ2n) is 5.88. The molecule has 0 spiro atoms. The normalized spacial score (nSPS) is 11.5. The third-order valence-corrected chi connectivity index (χ3v) is 3.85. The van der Waals surface area contributed by atoms with Crippen molar-refractivity contribution < 1.29 is 19.4 Å². The van der Waals surface area contributed by atoms with Gasteiger partial charge in [-0.05, 0) is 38.1 Å². The van der Waals surface area contributed by atoms with Crippen LogP contribution < -0.4 is 10.9 Å². The average Bonchev–Trinajstić information content (AvgIpc) is 2.75. The molecular weight excluding hydrogens is 396 g/mol. The Bertz CT molecular complexity index is 958. The molecule has 2 amide bonds. The van der Waals surface area contributed by atoms with E-state index >= 15 is 0 Å². The van der Waals surface area contributed by atoms with E-state index in [0.717, 1.165) is 0 Å². The van der Waals surface area contributed by atoms with Crippen molar-refractivity contribution in [3.8, 4) is 0 Å². The quantitative estimate of drug-likeness (QED) is 0.402. The number of nitro benzene ring substituents is 2. The van der Waals surface area contributed by atoms with Gasteiger partial charge in [0.25, 0.3) is 23.2 Å². The Morgan fingerprint density at radius 1 is 0.700 bits per heavy atom. The van der Waals surface area contributed by atoms with E-state index in [1.165, 1.54) is 48.5 Å². The van der Waals surface area contributed by atoms with Gasteiger partial charge in [0.05, 0.1) is 21.3 Å². The Hall–Kier alpha value is -4.48. The van der Waals surface area contributed by atoms with Gasteiger partial charge in [0.2, 0.25) is 0 Å². The molecule has 0 unspecified atom stereocenters. The van der Waals surface area contributed by atoms with Crippen molar-refractivity contribution >= 4 is 34.6 Å². The molecular formula is C18H16N6O6. The molecule has 0 aliphatic heterocycles. The summed E-state index contributed by atoms with van der Waals surface area (Å²) < 4.78 is 0. The summed E-state index contributed by atoms with van der Waals surface area (Å²) in [6.45, 7) is 3.10. The van der Waals surface area contributed by atoms with E-state index < -0.39 is 21.7 Å². The molecule has 2 N–H and O–H groups in total. The summed E-state index contributed by atoms with van der Waals surface area (Å²) in [6.07, 6.45) is 0. The van der Waals surface area contributed by atoms with E-state index in [4.69, 9.17) is 0 Å². The highest BCUT2D eigenvalue weighted by molar-refractivity contribution is 6.40. The van der Waals surface area contributed by atoms with Crippen molar-refractivity contribution in [2.45, 2.75) is 13.8 Å². The molecule has 0 aromatic heterocycles. The van der Waals surface area contributed by atoms with Crippen LogP contribution in [0.1, 0.15) is 34.6 Å². The van der Waals surface area contributed by atoms with Gasteiger partial charge in [-0.25, -0.2) is 10.9 Å². The summed E-state index contributed by atoms with van der Waals surface area (Å²) in [7, 11) is 0. The fraction of sp³-hybridized carbons (Fsp3) is 0.111. The second kappa shape index (κ2) is 9.64. The Labute approximate surface area is 169 Å². The van der Waals surface area contributed by atoms with Crippen LogP contribution in [0.5, 0.6) is 0 Å². The molecule has 12 nitrogen and oxygen atoms in total. The number of amides is 2. The number of nitro groups is 2. The Morgan fingerprint density at radius 2 is 1.00 bits per heavy atom.